The summed E-state index contributed by atoms with van der Waals surface area (Å²) in [6.07, 6.45) is 4.56. The van der Waals surface area contributed by atoms with Crippen LogP contribution in [0.15, 0.2) is 60.8 Å². The van der Waals surface area contributed by atoms with E-state index in [0.717, 1.165) is 41.3 Å². The largest absolute Gasteiger partial charge is 0.381 e. The first-order valence-corrected chi connectivity index (χ1v) is 10.6. The van der Waals surface area contributed by atoms with E-state index in [-0.39, 0.29) is 23.5 Å². The molecule has 0 radical (unpaired) electrons. The van der Waals surface area contributed by atoms with Crippen molar-refractivity contribution in [2.24, 2.45) is 5.92 Å². The maximum absolute atomic E-state index is 12.5. The fraction of sp³-hybridized carbons (Fsp3) is 0.167. The maximum Gasteiger partial charge on any atom is 0.228 e. The molecule has 1 saturated carbocycles. The summed E-state index contributed by atoms with van der Waals surface area (Å²) in [6.45, 7) is 0. The molecule has 3 N–H and O–H groups in total. The minimum atomic E-state index is -0.0635. The normalized spacial score (nSPS) is 13.7. The lowest BCUT2D eigenvalue weighted by Gasteiger charge is -2.24. The van der Waals surface area contributed by atoms with Gasteiger partial charge >= 0.3 is 0 Å². The number of nitrogens with two attached hydrogens (primary N) is 1. The molecule has 0 saturated heterocycles. The number of benzene rings is 2. The summed E-state index contributed by atoms with van der Waals surface area (Å²) in [4.78, 5) is 26.2. The van der Waals surface area contributed by atoms with Crippen LogP contribution in [-0.4, -0.2) is 20.9 Å². The third-order valence-corrected chi connectivity index (χ3v) is 5.91. The van der Waals surface area contributed by atoms with E-state index in [9.17, 15) is 4.79 Å². The van der Waals surface area contributed by atoms with Crippen LogP contribution >= 0.6 is 11.6 Å². The summed E-state index contributed by atoms with van der Waals surface area (Å²) in [5.41, 5.74) is 9.79. The molecule has 0 atom stereocenters. The number of amides is 1. The van der Waals surface area contributed by atoms with Crippen molar-refractivity contribution in [2.75, 3.05) is 11.1 Å². The van der Waals surface area contributed by atoms with E-state index >= 15 is 0 Å². The van der Waals surface area contributed by atoms with Gasteiger partial charge in [0.2, 0.25) is 5.91 Å². The zero-order valence-corrected chi connectivity index (χ0v) is 17.4. The number of hydrogen-bond acceptors (Lipinski definition) is 5. The van der Waals surface area contributed by atoms with Crippen LogP contribution in [0.5, 0.6) is 0 Å². The highest BCUT2D eigenvalue weighted by molar-refractivity contribution is 6.35. The average molecular weight is 430 g/mol. The second kappa shape index (κ2) is 7.96. The van der Waals surface area contributed by atoms with E-state index in [0.29, 0.717) is 16.4 Å². The summed E-state index contributed by atoms with van der Waals surface area (Å²) in [5, 5.41) is 4.28. The molecule has 154 valence electrons. The summed E-state index contributed by atoms with van der Waals surface area (Å²) in [6, 6.07) is 17.3. The standard InChI is InChI=1S/C24H20ClN5O/c25-18-13-17(12-16-10-5-11-27-19(16)18)21-20(14-6-2-1-3-7-14)28-22(26)23(29-21)30-24(31)15-8-4-9-15/h1-3,5-7,10-13,15H,4,8-9H2,(H2,26,28)(H,29,30,31). The van der Waals surface area contributed by atoms with Gasteiger partial charge in [0.1, 0.15) is 0 Å². The molecule has 6 nitrogen and oxygen atoms in total. The van der Waals surface area contributed by atoms with E-state index in [4.69, 9.17) is 22.3 Å². The number of hydrogen-bond donors (Lipinski definition) is 2. The van der Waals surface area contributed by atoms with Crippen LogP contribution in [0, 0.1) is 5.92 Å². The number of nitrogens with zero attached hydrogens (tertiary/aromatic N) is 3. The van der Waals surface area contributed by atoms with Gasteiger partial charge in [0, 0.05) is 28.6 Å². The van der Waals surface area contributed by atoms with Crippen molar-refractivity contribution in [1.29, 1.82) is 0 Å². The van der Waals surface area contributed by atoms with Crippen molar-refractivity contribution in [3.63, 3.8) is 0 Å². The van der Waals surface area contributed by atoms with Crippen LogP contribution in [-0.2, 0) is 4.79 Å². The van der Waals surface area contributed by atoms with Gasteiger partial charge in [-0.15, -0.1) is 0 Å². The summed E-state index contributed by atoms with van der Waals surface area (Å²) in [7, 11) is 0. The number of carbonyl (C=O) groups is 1. The molecular weight excluding hydrogens is 410 g/mol. The third kappa shape index (κ3) is 3.70. The van der Waals surface area contributed by atoms with Crippen LogP contribution in [0.1, 0.15) is 19.3 Å². The Bertz CT molecular complexity index is 1290. The molecule has 1 aliphatic rings. The van der Waals surface area contributed by atoms with Crippen molar-refractivity contribution < 1.29 is 4.79 Å². The first-order chi connectivity index (χ1) is 15.1. The zero-order valence-electron chi connectivity index (χ0n) is 16.7. The zero-order chi connectivity index (χ0) is 21.4. The van der Waals surface area contributed by atoms with Crippen molar-refractivity contribution in [2.45, 2.75) is 19.3 Å². The summed E-state index contributed by atoms with van der Waals surface area (Å²) >= 11 is 6.53. The smallest absolute Gasteiger partial charge is 0.228 e. The SMILES string of the molecule is Nc1nc(-c2ccccc2)c(-c2cc(Cl)c3ncccc3c2)nc1NC(=O)C1CCC1. The molecule has 2 aromatic carbocycles. The molecular formula is C24H20ClN5O. The van der Waals surface area contributed by atoms with Gasteiger partial charge in [0.05, 0.1) is 21.9 Å². The molecule has 0 bridgehead atoms. The molecule has 1 fully saturated rings. The number of nitrogen functional groups attached to an aromatic ring is 1. The van der Waals surface area contributed by atoms with Crippen molar-refractivity contribution >= 4 is 40.0 Å². The van der Waals surface area contributed by atoms with E-state index in [1.165, 1.54) is 0 Å². The number of pyridine rings is 1. The maximum atomic E-state index is 12.5. The fourth-order valence-corrected chi connectivity index (χ4v) is 3.99. The van der Waals surface area contributed by atoms with Crippen molar-refractivity contribution in [1.82, 2.24) is 15.0 Å². The van der Waals surface area contributed by atoms with Crippen molar-refractivity contribution in [3.8, 4) is 22.5 Å². The van der Waals surface area contributed by atoms with Crippen LogP contribution in [0.3, 0.4) is 0 Å². The molecule has 4 aromatic rings. The monoisotopic (exact) mass is 429 g/mol. The number of nitrogens with one attached hydrogen (secondary N) is 1. The van der Waals surface area contributed by atoms with Gasteiger partial charge < -0.3 is 11.1 Å². The molecule has 0 aliphatic heterocycles. The quantitative estimate of drug-likeness (QED) is 0.457. The molecule has 2 heterocycles. The lowest BCUT2D eigenvalue weighted by atomic mass is 9.85. The molecule has 31 heavy (non-hydrogen) atoms. The first kappa shape index (κ1) is 19.5. The lowest BCUT2D eigenvalue weighted by Crippen LogP contribution is -2.29. The Labute approximate surface area is 184 Å². The van der Waals surface area contributed by atoms with Gasteiger partial charge in [-0.05, 0) is 31.0 Å². The van der Waals surface area contributed by atoms with E-state index < -0.39 is 0 Å². The minimum Gasteiger partial charge on any atom is -0.381 e. The Balaban J connectivity index is 1.67. The Hall–Kier alpha value is -3.51. The predicted molar refractivity (Wildman–Crippen MR) is 124 cm³/mol. The topological polar surface area (TPSA) is 93.8 Å². The first-order valence-electron chi connectivity index (χ1n) is 10.2. The van der Waals surface area contributed by atoms with Gasteiger partial charge in [-0.2, -0.15) is 0 Å². The Morgan fingerprint density at radius 3 is 2.52 bits per heavy atom. The minimum absolute atomic E-state index is 0.0136. The van der Waals surface area contributed by atoms with Gasteiger partial charge in [0.25, 0.3) is 0 Å². The molecule has 5 rings (SSSR count). The molecule has 2 aromatic heterocycles. The van der Waals surface area contributed by atoms with Gasteiger partial charge in [0.15, 0.2) is 11.6 Å². The van der Waals surface area contributed by atoms with E-state index in [2.05, 4.69) is 15.3 Å². The number of aromatic nitrogens is 3. The number of halogens is 1. The Morgan fingerprint density at radius 1 is 1.00 bits per heavy atom. The van der Waals surface area contributed by atoms with Crippen LogP contribution < -0.4 is 11.1 Å². The second-order valence-electron chi connectivity index (χ2n) is 7.67. The van der Waals surface area contributed by atoms with E-state index in [1.54, 1.807) is 6.20 Å². The number of carbonyl (C=O) groups excluding carboxylic acids is 1. The van der Waals surface area contributed by atoms with Crippen LogP contribution in [0.25, 0.3) is 33.4 Å². The molecule has 7 heteroatoms. The highest BCUT2D eigenvalue weighted by Crippen LogP contribution is 2.36. The predicted octanol–water partition coefficient (Wildman–Crippen LogP) is 5.33. The van der Waals surface area contributed by atoms with Crippen LogP contribution in [0.4, 0.5) is 11.6 Å². The third-order valence-electron chi connectivity index (χ3n) is 5.62. The fourth-order valence-electron chi connectivity index (χ4n) is 3.71. The molecule has 0 unspecified atom stereocenters. The summed E-state index contributed by atoms with van der Waals surface area (Å²) < 4.78 is 0. The highest BCUT2D eigenvalue weighted by atomic mass is 35.5. The highest BCUT2D eigenvalue weighted by Gasteiger charge is 2.27. The van der Waals surface area contributed by atoms with Crippen LogP contribution in [0.2, 0.25) is 5.02 Å². The summed E-state index contributed by atoms with van der Waals surface area (Å²) in [5.74, 6) is 0.406. The number of fused-ring (bicyclic) bond motifs is 1. The average Bonchev–Trinajstić information content (AvgIpc) is 2.74. The lowest BCUT2D eigenvalue weighted by molar-refractivity contribution is -0.122. The molecule has 0 spiro atoms. The van der Waals surface area contributed by atoms with Gasteiger partial charge in [-0.25, -0.2) is 9.97 Å². The second-order valence-corrected chi connectivity index (χ2v) is 8.08. The Morgan fingerprint density at radius 2 is 1.77 bits per heavy atom. The number of rotatable bonds is 4. The number of anilines is 2. The van der Waals surface area contributed by atoms with E-state index in [1.807, 2.05) is 54.6 Å². The molecule has 1 aliphatic carbocycles. The van der Waals surface area contributed by atoms with Gasteiger partial charge in [-0.1, -0.05) is 54.4 Å². The van der Waals surface area contributed by atoms with Crippen molar-refractivity contribution in [3.05, 3.63) is 65.8 Å². The van der Waals surface area contributed by atoms with Gasteiger partial charge in [-0.3, -0.25) is 9.78 Å². The Kier molecular flexibility index (Phi) is 5.00. The molecule has 1 amide bonds.